The van der Waals surface area contributed by atoms with Crippen molar-refractivity contribution < 1.29 is 32.2 Å². The van der Waals surface area contributed by atoms with Gasteiger partial charge in [0.05, 0.1) is 0 Å². The topological polar surface area (TPSA) is 58.6 Å². The summed E-state index contributed by atoms with van der Waals surface area (Å²) in [6, 6.07) is 11.5. The Kier molecular flexibility index (Phi) is 6.79. The van der Waals surface area contributed by atoms with Crippen LogP contribution in [-0.2, 0) is 11.3 Å². The largest absolute Gasteiger partial charge is 0.479 e. The maximum Gasteiger partial charge on any atom is 0.344 e. The molecule has 162 valence electrons. The van der Waals surface area contributed by atoms with E-state index in [1.807, 2.05) is 0 Å². The SMILES string of the molecule is CCC(Oc1ccc(F)c(NCc2cc(F)cc(-c3cccc(F)c3)c2)c1F)C(=O)O. The molecule has 0 saturated heterocycles. The van der Waals surface area contributed by atoms with E-state index >= 15 is 0 Å². The molecule has 3 rings (SSSR count). The summed E-state index contributed by atoms with van der Waals surface area (Å²) in [5.74, 6) is -4.78. The minimum atomic E-state index is -1.29. The van der Waals surface area contributed by atoms with Crippen molar-refractivity contribution in [3.8, 4) is 16.9 Å². The van der Waals surface area contributed by atoms with E-state index in [1.54, 1.807) is 19.1 Å². The number of carboxylic acids is 1. The molecule has 0 saturated carbocycles. The predicted octanol–water partition coefficient (Wildman–Crippen LogP) is 5.76. The molecule has 0 aliphatic heterocycles. The second kappa shape index (κ2) is 9.51. The fourth-order valence-electron chi connectivity index (χ4n) is 3.03. The number of ether oxygens (including phenoxy) is 1. The van der Waals surface area contributed by atoms with Crippen molar-refractivity contribution in [1.29, 1.82) is 0 Å². The number of anilines is 1. The van der Waals surface area contributed by atoms with E-state index in [2.05, 4.69) is 5.32 Å². The number of carboxylic acid groups (broad SMARTS) is 1. The summed E-state index contributed by atoms with van der Waals surface area (Å²) in [4.78, 5) is 11.1. The average Bonchev–Trinajstić information content (AvgIpc) is 2.72. The molecule has 1 atom stereocenters. The van der Waals surface area contributed by atoms with E-state index in [0.29, 0.717) is 16.7 Å². The molecular formula is C23H19F4NO3. The number of carbonyl (C=O) groups is 1. The molecule has 0 aromatic heterocycles. The molecule has 1 unspecified atom stereocenters. The van der Waals surface area contributed by atoms with E-state index in [9.17, 15) is 22.4 Å². The highest BCUT2D eigenvalue weighted by Crippen LogP contribution is 2.30. The molecule has 0 bridgehead atoms. The molecular weight excluding hydrogens is 414 g/mol. The van der Waals surface area contributed by atoms with E-state index in [1.165, 1.54) is 30.3 Å². The van der Waals surface area contributed by atoms with Crippen molar-refractivity contribution >= 4 is 11.7 Å². The van der Waals surface area contributed by atoms with Gasteiger partial charge in [-0.1, -0.05) is 19.1 Å². The standard InChI is InChI=1S/C23H19F4NO3/c1-2-19(23(29)30)31-20-7-6-18(26)22(21(20)27)28-12-13-8-15(11-17(25)9-13)14-4-3-5-16(24)10-14/h3-11,19,28H,2,12H2,1H3,(H,29,30). The lowest BCUT2D eigenvalue weighted by Crippen LogP contribution is -2.26. The van der Waals surface area contributed by atoms with Crippen molar-refractivity contribution in [2.24, 2.45) is 0 Å². The Morgan fingerprint density at radius 3 is 2.42 bits per heavy atom. The molecule has 0 spiro atoms. The minimum Gasteiger partial charge on any atom is -0.479 e. The number of nitrogens with one attached hydrogen (secondary N) is 1. The summed E-state index contributed by atoms with van der Waals surface area (Å²) in [5.41, 5.74) is 0.685. The molecule has 31 heavy (non-hydrogen) atoms. The Balaban J connectivity index is 1.84. The van der Waals surface area contributed by atoms with Crippen LogP contribution in [-0.4, -0.2) is 17.2 Å². The maximum absolute atomic E-state index is 14.7. The van der Waals surface area contributed by atoms with Crippen LogP contribution in [0.2, 0.25) is 0 Å². The average molecular weight is 433 g/mol. The van der Waals surface area contributed by atoms with Gasteiger partial charge in [0, 0.05) is 6.54 Å². The van der Waals surface area contributed by atoms with Crippen LogP contribution in [0.5, 0.6) is 5.75 Å². The van der Waals surface area contributed by atoms with Gasteiger partial charge in [0.25, 0.3) is 0 Å². The van der Waals surface area contributed by atoms with E-state index in [-0.39, 0.29) is 13.0 Å². The first kappa shape index (κ1) is 22.1. The van der Waals surface area contributed by atoms with Gasteiger partial charge in [-0.05, 0) is 65.6 Å². The first-order valence-electron chi connectivity index (χ1n) is 9.45. The molecule has 8 heteroatoms. The maximum atomic E-state index is 14.7. The van der Waals surface area contributed by atoms with Crippen LogP contribution in [0.1, 0.15) is 18.9 Å². The minimum absolute atomic E-state index is 0.0844. The van der Waals surface area contributed by atoms with Crippen molar-refractivity contribution in [2.45, 2.75) is 26.0 Å². The van der Waals surface area contributed by atoms with Gasteiger partial charge in [0.15, 0.2) is 17.7 Å². The number of hydrogen-bond donors (Lipinski definition) is 2. The van der Waals surface area contributed by atoms with Gasteiger partial charge >= 0.3 is 5.97 Å². The number of hydrogen-bond acceptors (Lipinski definition) is 3. The lowest BCUT2D eigenvalue weighted by atomic mass is 10.0. The third-order valence-corrected chi connectivity index (χ3v) is 4.56. The van der Waals surface area contributed by atoms with Crippen molar-refractivity contribution in [3.05, 3.63) is 83.4 Å². The second-order valence-corrected chi connectivity index (χ2v) is 6.80. The third kappa shape index (κ3) is 5.33. The Labute approximate surface area is 176 Å². The predicted molar refractivity (Wildman–Crippen MR) is 108 cm³/mol. The summed E-state index contributed by atoms with van der Waals surface area (Å²) >= 11 is 0. The monoisotopic (exact) mass is 433 g/mol. The Morgan fingerprint density at radius 2 is 1.74 bits per heavy atom. The lowest BCUT2D eigenvalue weighted by molar-refractivity contribution is -0.145. The lowest BCUT2D eigenvalue weighted by Gasteiger charge is -2.16. The van der Waals surface area contributed by atoms with Gasteiger partial charge in [-0.2, -0.15) is 0 Å². The fraction of sp³-hybridized carbons (Fsp3) is 0.174. The molecule has 2 N–H and O–H groups in total. The summed E-state index contributed by atoms with van der Waals surface area (Å²) in [7, 11) is 0. The molecule has 0 amide bonds. The van der Waals surface area contributed by atoms with E-state index in [0.717, 1.165) is 12.1 Å². The molecule has 0 aliphatic carbocycles. The molecule has 0 fully saturated rings. The second-order valence-electron chi connectivity index (χ2n) is 6.80. The fourth-order valence-corrected chi connectivity index (χ4v) is 3.03. The van der Waals surface area contributed by atoms with Gasteiger partial charge in [-0.3, -0.25) is 0 Å². The zero-order chi connectivity index (χ0) is 22.5. The first-order chi connectivity index (χ1) is 14.8. The quantitative estimate of drug-likeness (QED) is 0.443. The van der Waals surface area contributed by atoms with Crippen LogP contribution >= 0.6 is 0 Å². The van der Waals surface area contributed by atoms with Crippen LogP contribution in [0, 0.1) is 23.3 Å². The van der Waals surface area contributed by atoms with Crippen LogP contribution in [0.3, 0.4) is 0 Å². The highest BCUT2D eigenvalue weighted by molar-refractivity contribution is 5.72. The number of halogens is 4. The number of benzene rings is 3. The zero-order valence-electron chi connectivity index (χ0n) is 16.5. The van der Waals surface area contributed by atoms with Gasteiger partial charge in [-0.15, -0.1) is 0 Å². The van der Waals surface area contributed by atoms with Crippen LogP contribution < -0.4 is 10.1 Å². The highest BCUT2D eigenvalue weighted by atomic mass is 19.1. The molecule has 0 radical (unpaired) electrons. The highest BCUT2D eigenvalue weighted by Gasteiger charge is 2.21. The van der Waals surface area contributed by atoms with Crippen LogP contribution in [0.25, 0.3) is 11.1 Å². The summed E-state index contributed by atoms with van der Waals surface area (Å²) in [5, 5.41) is 11.6. The van der Waals surface area contributed by atoms with Crippen molar-refractivity contribution in [3.63, 3.8) is 0 Å². The molecule has 4 nitrogen and oxygen atoms in total. The molecule has 3 aromatic rings. The van der Waals surface area contributed by atoms with Gasteiger partial charge in [-0.25, -0.2) is 22.4 Å². The summed E-state index contributed by atoms with van der Waals surface area (Å²) < 4.78 is 61.6. The van der Waals surface area contributed by atoms with E-state index in [4.69, 9.17) is 9.84 Å². The zero-order valence-corrected chi connectivity index (χ0v) is 16.5. The van der Waals surface area contributed by atoms with Crippen molar-refractivity contribution in [1.82, 2.24) is 0 Å². The Hall–Kier alpha value is -3.55. The third-order valence-electron chi connectivity index (χ3n) is 4.56. The van der Waals surface area contributed by atoms with Crippen molar-refractivity contribution in [2.75, 3.05) is 5.32 Å². The number of aliphatic carboxylic acids is 1. The van der Waals surface area contributed by atoms with Gasteiger partial charge < -0.3 is 15.2 Å². The van der Waals surface area contributed by atoms with Gasteiger partial charge in [0.2, 0.25) is 0 Å². The smallest absolute Gasteiger partial charge is 0.344 e. The molecule has 0 heterocycles. The van der Waals surface area contributed by atoms with Crippen LogP contribution in [0.15, 0.2) is 54.6 Å². The first-order valence-corrected chi connectivity index (χ1v) is 9.45. The molecule has 0 aliphatic rings. The number of rotatable bonds is 8. The summed E-state index contributed by atoms with van der Waals surface area (Å²) in [6.07, 6.45) is -1.20. The van der Waals surface area contributed by atoms with Crippen LogP contribution in [0.4, 0.5) is 23.2 Å². The Bertz CT molecular complexity index is 1100. The van der Waals surface area contributed by atoms with E-state index < -0.39 is 46.8 Å². The van der Waals surface area contributed by atoms with Gasteiger partial charge in [0.1, 0.15) is 23.1 Å². The Morgan fingerprint density at radius 1 is 1.00 bits per heavy atom. The normalized spacial score (nSPS) is 11.8. The summed E-state index contributed by atoms with van der Waals surface area (Å²) in [6.45, 7) is 1.41. The molecule has 3 aromatic carbocycles.